The van der Waals surface area contributed by atoms with Crippen molar-refractivity contribution in [1.29, 1.82) is 0 Å². The summed E-state index contributed by atoms with van der Waals surface area (Å²) in [6.07, 6.45) is 0. The molecule has 2 unspecified atom stereocenters. The highest BCUT2D eigenvalue weighted by Gasteiger charge is 2.36. The quantitative estimate of drug-likeness (QED) is 0.877. The second-order valence-electron chi connectivity index (χ2n) is 5.46. The minimum atomic E-state index is -2.82. The minimum absolute atomic E-state index is 0.128. The van der Waals surface area contributed by atoms with Crippen molar-refractivity contribution in [3.8, 4) is 5.75 Å². The van der Waals surface area contributed by atoms with Gasteiger partial charge in [-0.15, -0.1) is 0 Å². The Balaban J connectivity index is 1.90. The summed E-state index contributed by atoms with van der Waals surface area (Å²) in [6, 6.07) is 6.69. The van der Waals surface area contributed by atoms with Gasteiger partial charge in [0, 0.05) is 19.1 Å². The monoisotopic (exact) mass is 299 g/mol. The van der Waals surface area contributed by atoms with Gasteiger partial charge in [-0.25, -0.2) is 0 Å². The first-order valence-electron chi connectivity index (χ1n) is 6.90. The van der Waals surface area contributed by atoms with Gasteiger partial charge in [0.25, 0.3) is 0 Å². The van der Waals surface area contributed by atoms with E-state index in [4.69, 9.17) is 5.11 Å². The number of carboxylic acid groups (broad SMARTS) is 1. The van der Waals surface area contributed by atoms with Crippen molar-refractivity contribution in [1.82, 2.24) is 4.90 Å². The molecule has 0 radical (unpaired) electrons. The summed E-state index contributed by atoms with van der Waals surface area (Å²) in [7, 11) is 0. The molecule has 0 saturated carbocycles. The zero-order valence-corrected chi connectivity index (χ0v) is 12.0. The number of likely N-dealkylation sites (tertiary alicyclic amines) is 1. The molecule has 2 atom stereocenters. The molecule has 1 N–H and O–H groups in total. The van der Waals surface area contributed by atoms with Crippen LogP contribution >= 0.6 is 0 Å². The normalized spacial score (nSPS) is 19.1. The van der Waals surface area contributed by atoms with Crippen molar-refractivity contribution < 1.29 is 23.4 Å². The summed E-state index contributed by atoms with van der Waals surface area (Å²) in [5.74, 6) is -0.788. The lowest BCUT2D eigenvalue weighted by Crippen LogP contribution is -2.51. The van der Waals surface area contributed by atoms with Crippen LogP contribution < -0.4 is 4.74 Å². The molecular weight excluding hydrogens is 280 g/mol. The van der Waals surface area contributed by atoms with E-state index in [9.17, 15) is 13.6 Å². The summed E-state index contributed by atoms with van der Waals surface area (Å²) >= 11 is 0. The standard InChI is InChI=1S/C15H19F2NO3/c1-9(14(19)20)12-7-18(8-12)10(2)11-3-5-13(6-4-11)21-15(16)17/h3-6,9-10,12,15H,7-8H2,1-2H3,(H,19,20). The Kier molecular flexibility index (Phi) is 4.77. The number of hydrogen-bond acceptors (Lipinski definition) is 3. The third-order valence-electron chi connectivity index (χ3n) is 4.17. The number of hydrogen-bond donors (Lipinski definition) is 1. The zero-order chi connectivity index (χ0) is 15.6. The Labute approximate surface area is 122 Å². The van der Waals surface area contributed by atoms with E-state index in [2.05, 4.69) is 9.64 Å². The number of alkyl halides is 2. The van der Waals surface area contributed by atoms with E-state index in [1.54, 1.807) is 19.1 Å². The van der Waals surface area contributed by atoms with Crippen LogP contribution in [0.25, 0.3) is 0 Å². The van der Waals surface area contributed by atoms with Crippen LogP contribution in [0, 0.1) is 11.8 Å². The minimum Gasteiger partial charge on any atom is -0.481 e. The Hall–Kier alpha value is -1.69. The third kappa shape index (κ3) is 3.69. The molecule has 4 nitrogen and oxygen atoms in total. The van der Waals surface area contributed by atoms with E-state index >= 15 is 0 Å². The van der Waals surface area contributed by atoms with Crippen LogP contribution in [0.4, 0.5) is 8.78 Å². The second kappa shape index (κ2) is 6.39. The smallest absolute Gasteiger partial charge is 0.387 e. The number of halogens is 2. The fourth-order valence-electron chi connectivity index (χ4n) is 2.52. The topological polar surface area (TPSA) is 49.8 Å². The molecule has 0 aromatic heterocycles. The molecule has 1 aromatic rings. The van der Waals surface area contributed by atoms with Gasteiger partial charge in [-0.3, -0.25) is 9.69 Å². The molecule has 0 aliphatic carbocycles. The van der Waals surface area contributed by atoms with Gasteiger partial charge < -0.3 is 9.84 Å². The van der Waals surface area contributed by atoms with Gasteiger partial charge >= 0.3 is 12.6 Å². The van der Waals surface area contributed by atoms with Crippen molar-refractivity contribution in [2.24, 2.45) is 11.8 Å². The van der Waals surface area contributed by atoms with E-state index in [-0.39, 0.29) is 23.6 Å². The molecule has 0 bridgehead atoms. The maximum Gasteiger partial charge on any atom is 0.387 e. The van der Waals surface area contributed by atoms with Gasteiger partial charge in [0.15, 0.2) is 0 Å². The van der Waals surface area contributed by atoms with Crippen LogP contribution in [0.15, 0.2) is 24.3 Å². The lowest BCUT2D eigenvalue weighted by atomic mass is 9.85. The second-order valence-corrected chi connectivity index (χ2v) is 5.46. The highest BCUT2D eigenvalue weighted by atomic mass is 19.3. The largest absolute Gasteiger partial charge is 0.481 e. The van der Waals surface area contributed by atoms with Gasteiger partial charge in [-0.05, 0) is 30.5 Å². The zero-order valence-electron chi connectivity index (χ0n) is 12.0. The fraction of sp³-hybridized carbons (Fsp3) is 0.533. The summed E-state index contributed by atoms with van der Waals surface area (Å²) in [6.45, 7) is 2.41. The molecule has 1 aliphatic heterocycles. The molecule has 1 saturated heterocycles. The molecule has 1 fully saturated rings. The molecule has 2 rings (SSSR count). The maximum atomic E-state index is 12.1. The number of benzene rings is 1. The van der Waals surface area contributed by atoms with Crippen molar-refractivity contribution in [3.63, 3.8) is 0 Å². The third-order valence-corrected chi connectivity index (χ3v) is 4.17. The van der Waals surface area contributed by atoms with Crippen LogP contribution in [-0.2, 0) is 4.79 Å². The summed E-state index contributed by atoms with van der Waals surface area (Å²) in [4.78, 5) is 13.1. The van der Waals surface area contributed by atoms with Crippen molar-refractivity contribution in [3.05, 3.63) is 29.8 Å². The van der Waals surface area contributed by atoms with E-state index in [0.29, 0.717) is 0 Å². The number of rotatable bonds is 6. The van der Waals surface area contributed by atoms with Crippen LogP contribution in [0.3, 0.4) is 0 Å². The van der Waals surface area contributed by atoms with Gasteiger partial charge in [-0.2, -0.15) is 8.78 Å². The highest BCUT2D eigenvalue weighted by Crippen LogP contribution is 2.32. The summed E-state index contributed by atoms with van der Waals surface area (Å²) < 4.78 is 28.5. The van der Waals surface area contributed by atoms with Gasteiger partial charge in [-0.1, -0.05) is 19.1 Å². The number of nitrogens with zero attached hydrogens (tertiary/aromatic N) is 1. The van der Waals surface area contributed by atoms with Gasteiger partial charge in [0.2, 0.25) is 0 Å². The van der Waals surface area contributed by atoms with Gasteiger partial charge in [0.1, 0.15) is 5.75 Å². The number of aliphatic carboxylic acids is 1. The molecule has 1 aliphatic rings. The predicted octanol–water partition coefficient (Wildman–Crippen LogP) is 3.00. The highest BCUT2D eigenvalue weighted by molar-refractivity contribution is 5.70. The molecule has 1 aromatic carbocycles. The number of carbonyl (C=O) groups is 1. The first-order chi connectivity index (χ1) is 9.88. The van der Waals surface area contributed by atoms with E-state index < -0.39 is 12.6 Å². The van der Waals surface area contributed by atoms with Crippen molar-refractivity contribution in [2.75, 3.05) is 13.1 Å². The van der Waals surface area contributed by atoms with Crippen molar-refractivity contribution in [2.45, 2.75) is 26.5 Å². The number of carboxylic acids is 1. The summed E-state index contributed by atoms with van der Waals surface area (Å²) in [5, 5.41) is 8.97. The van der Waals surface area contributed by atoms with E-state index in [0.717, 1.165) is 18.7 Å². The van der Waals surface area contributed by atoms with Crippen LogP contribution in [-0.4, -0.2) is 35.7 Å². The lowest BCUT2D eigenvalue weighted by molar-refractivity contribution is -0.146. The van der Waals surface area contributed by atoms with E-state index in [1.807, 2.05) is 6.92 Å². The molecule has 6 heteroatoms. The van der Waals surface area contributed by atoms with Crippen LogP contribution in [0.2, 0.25) is 0 Å². The molecule has 116 valence electrons. The molecule has 1 heterocycles. The van der Waals surface area contributed by atoms with Crippen molar-refractivity contribution >= 4 is 5.97 Å². The maximum absolute atomic E-state index is 12.1. The predicted molar refractivity (Wildman–Crippen MR) is 73.4 cm³/mol. The lowest BCUT2D eigenvalue weighted by Gasteiger charge is -2.45. The fourth-order valence-corrected chi connectivity index (χ4v) is 2.52. The van der Waals surface area contributed by atoms with Crippen LogP contribution in [0.1, 0.15) is 25.5 Å². The summed E-state index contributed by atoms with van der Waals surface area (Å²) in [5.41, 5.74) is 0.998. The number of ether oxygens (including phenoxy) is 1. The van der Waals surface area contributed by atoms with Gasteiger partial charge in [0.05, 0.1) is 5.92 Å². The van der Waals surface area contributed by atoms with E-state index in [1.165, 1.54) is 12.1 Å². The first-order valence-corrected chi connectivity index (χ1v) is 6.90. The molecular formula is C15H19F2NO3. The molecule has 0 amide bonds. The Morgan fingerprint density at radius 2 is 1.86 bits per heavy atom. The Morgan fingerprint density at radius 3 is 2.33 bits per heavy atom. The Bertz CT molecular complexity index is 486. The SMILES string of the molecule is CC(C(=O)O)C1CN(C(C)c2ccc(OC(F)F)cc2)C1. The Morgan fingerprint density at radius 1 is 1.29 bits per heavy atom. The molecule has 0 spiro atoms. The van der Waals surface area contributed by atoms with Crippen LogP contribution in [0.5, 0.6) is 5.75 Å². The average Bonchev–Trinajstić information content (AvgIpc) is 2.36. The first kappa shape index (κ1) is 15.7. The molecule has 21 heavy (non-hydrogen) atoms. The average molecular weight is 299 g/mol.